The van der Waals surface area contributed by atoms with E-state index in [0.717, 1.165) is 91.6 Å². The Hall–Kier alpha value is -5.78. The summed E-state index contributed by atoms with van der Waals surface area (Å²) in [6.07, 6.45) is 5.79. The van der Waals surface area contributed by atoms with Crippen LogP contribution in [0.1, 0.15) is 89.3 Å². The molecular formula is C49H53N5O6. The molecule has 5 heterocycles. The molecular weight excluding hydrogens is 755 g/mol. The number of anilines is 1. The van der Waals surface area contributed by atoms with Crippen molar-refractivity contribution in [1.29, 1.82) is 0 Å². The van der Waals surface area contributed by atoms with Crippen molar-refractivity contribution in [2.75, 3.05) is 50.8 Å². The molecule has 0 saturated carbocycles. The van der Waals surface area contributed by atoms with Gasteiger partial charge < -0.3 is 14.7 Å². The fourth-order valence-corrected chi connectivity index (χ4v) is 10.2. The third-order valence-corrected chi connectivity index (χ3v) is 13.4. The van der Waals surface area contributed by atoms with Gasteiger partial charge in [-0.25, -0.2) is 0 Å². The van der Waals surface area contributed by atoms with Crippen LogP contribution in [0.3, 0.4) is 0 Å². The number of piperidine rings is 2. The number of amides is 4. The average molecular weight is 808 g/mol. The first-order chi connectivity index (χ1) is 29.2. The number of piperazine rings is 1. The van der Waals surface area contributed by atoms with Crippen molar-refractivity contribution in [3.8, 4) is 11.5 Å². The minimum absolute atomic E-state index is 0.104. The Kier molecular flexibility index (Phi) is 11.3. The number of nitrogens with zero attached hydrogens (tertiary/aromatic N) is 4. The molecule has 4 aromatic carbocycles. The van der Waals surface area contributed by atoms with Crippen molar-refractivity contribution in [2.45, 2.75) is 70.0 Å². The van der Waals surface area contributed by atoms with E-state index in [-0.39, 0.29) is 24.5 Å². The van der Waals surface area contributed by atoms with Gasteiger partial charge in [0.15, 0.2) is 0 Å². The molecule has 60 heavy (non-hydrogen) atoms. The van der Waals surface area contributed by atoms with Crippen LogP contribution in [0.2, 0.25) is 0 Å². The van der Waals surface area contributed by atoms with E-state index in [1.54, 1.807) is 18.2 Å². The van der Waals surface area contributed by atoms with E-state index in [4.69, 9.17) is 4.74 Å². The Bertz CT molecular complexity index is 2270. The topological polar surface area (TPSA) is 123 Å². The van der Waals surface area contributed by atoms with E-state index in [1.807, 2.05) is 30.3 Å². The Morgan fingerprint density at radius 3 is 2.08 bits per heavy atom. The van der Waals surface area contributed by atoms with Crippen molar-refractivity contribution < 1.29 is 29.0 Å². The molecule has 4 aromatic rings. The van der Waals surface area contributed by atoms with Gasteiger partial charge in [-0.1, -0.05) is 61.5 Å². The summed E-state index contributed by atoms with van der Waals surface area (Å²) in [5.74, 6) is -0.123. The fraction of sp³-hybridized carbons (Fsp3) is 0.388. The molecule has 2 N–H and O–H groups in total. The number of fused-ring (bicyclic) bond motifs is 3. The van der Waals surface area contributed by atoms with Crippen LogP contribution in [-0.2, 0) is 9.59 Å². The Balaban J connectivity index is 0.757. The molecule has 310 valence electrons. The lowest BCUT2D eigenvalue weighted by Gasteiger charge is -2.44. The molecule has 4 saturated heterocycles. The lowest BCUT2D eigenvalue weighted by Crippen LogP contribution is -2.55. The Labute approximate surface area is 351 Å². The highest BCUT2D eigenvalue weighted by Gasteiger charge is 2.46. The summed E-state index contributed by atoms with van der Waals surface area (Å²) in [5, 5.41) is 12.3. The molecule has 3 atom stereocenters. The summed E-state index contributed by atoms with van der Waals surface area (Å²) >= 11 is 0. The highest BCUT2D eigenvalue weighted by atomic mass is 16.5. The third kappa shape index (κ3) is 7.96. The highest BCUT2D eigenvalue weighted by Crippen LogP contribution is 2.38. The number of aromatic hydroxyl groups is 1. The molecule has 0 aliphatic carbocycles. The monoisotopic (exact) mass is 807 g/mol. The summed E-state index contributed by atoms with van der Waals surface area (Å²) in [4.78, 5) is 59.6. The highest BCUT2D eigenvalue weighted by molar-refractivity contribution is 6.23. The number of likely N-dealkylation sites (tertiary alicyclic amines) is 1. The number of phenols is 1. The molecule has 11 nitrogen and oxygen atoms in total. The van der Waals surface area contributed by atoms with E-state index in [1.165, 1.54) is 24.0 Å². The van der Waals surface area contributed by atoms with Gasteiger partial charge in [-0.05, 0) is 128 Å². The van der Waals surface area contributed by atoms with Crippen molar-refractivity contribution in [3.63, 3.8) is 0 Å². The second-order valence-electron chi connectivity index (χ2n) is 16.9. The first-order valence-electron chi connectivity index (χ1n) is 21.6. The second kappa shape index (κ2) is 17.1. The minimum atomic E-state index is -0.960. The zero-order valence-corrected chi connectivity index (χ0v) is 34.2. The van der Waals surface area contributed by atoms with Gasteiger partial charge in [0.2, 0.25) is 11.8 Å². The molecule has 4 fully saturated rings. The molecule has 11 heteroatoms. The van der Waals surface area contributed by atoms with E-state index in [0.29, 0.717) is 35.7 Å². The largest absolute Gasteiger partial charge is 0.508 e. The number of phenolic OH excluding ortho intramolecular Hbond substituents is 1. The number of benzene rings is 4. The first kappa shape index (κ1) is 39.7. The smallest absolute Gasteiger partial charge is 0.262 e. The van der Waals surface area contributed by atoms with Gasteiger partial charge in [-0.3, -0.25) is 39.2 Å². The first-order valence-corrected chi connectivity index (χ1v) is 21.6. The van der Waals surface area contributed by atoms with Crippen LogP contribution in [0, 0.1) is 5.92 Å². The normalized spacial score (nSPS) is 22.9. The molecule has 0 spiro atoms. The van der Waals surface area contributed by atoms with Gasteiger partial charge in [0.05, 0.1) is 11.1 Å². The second-order valence-corrected chi connectivity index (χ2v) is 16.9. The number of carbonyl (C=O) groups is 4. The summed E-state index contributed by atoms with van der Waals surface area (Å²) in [5.41, 5.74) is 7.38. The molecule has 5 aliphatic heterocycles. The third-order valence-electron chi connectivity index (χ3n) is 13.4. The van der Waals surface area contributed by atoms with Crippen LogP contribution in [0.5, 0.6) is 11.5 Å². The number of imide groups is 2. The summed E-state index contributed by atoms with van der Waals surface area (Å²) < 4.78 is 6.28. The summed E-state index contributed by atoms with van der Waals surface area (Å²) in [6.45, 7) is 8.73. The lowest BCUT2D eigenvalue weighted by atomic mass is 9.88. The number of carbonyl (C=O) groups excluding carboxylic acids is 4. The van der Waals surface area contributed by atoms with Crippen LogP contribution in [0.4, 0.5) is 5.69 Å². The molecule has 4 amide bonds. The molecule has 2 bridgehead atoms. The molecule has 3 unspecified atom stereocenters. The quantitative estimate of drug-likeness (QED) is 0.120. The Morgan fingerprint density at radius 2 is 1.42 bits per heavy atom. The van der Waals surface area contributed by atoms with Crippen LogP contribution in [0.25, 0.3) is 11.1 Å². The average Bonchev–Trinajstić information content (AvgIpc) is 3.64. The van der Waals surface area contributed by atoms with Gasteiger partial charge >= 0.3 is 0 Å². The number of hydrogen-bond acceptors (Lipinski definition) is 9. The molecule has 0 radical (unpaired) electrons. The molecule has 9 rings (SSSR count). The van der Waals surface area contributed by atoms with E-state index in [9.17, 15) is 24.3 Å². The van der Waals surface area contributed by atoms with E-state index >= 15 is 0 Å². The number of rotatable bonds is 12. The molecule has 0 aromatic heterocycles. The van der Waals surface area contributed by atoms with Gasteiger partial charge in [0, 0.05) is 50.4 Å². The van der Waals surface area contributed by atoms with Gasteiger partial charge in [0.1, 0.15) is 24.1 Å². The summed E-state index contributed by atoms with van der Waals surface area (Å²) in [7, 11) is 0. The predicted molar refractivity (Wildman–Crippen MR) is 231 cm³/mol. The SMILES string of the molecule is CCC(=C(c1ccc(O)cc1)c1ccc(OCCN2CCC(CN3C4CCC3CN(c3ccc5c(c3)C(=O)N(C3CCC(=O)NC3=O)C5=O)C4)CC2)cc1)c1ccccc1. The number of nitrogens with one attached hydrogen (secondary N) is 1. The Morgan fingerprint density at radius 1 is 0.750 bits per heavy atom. The zero-order valence-electron chi connectivity index (χ0n) is 34.2. The maximum absolute atomic E-state index is 13.5. The fourth-order valence-electron chi connectivity index (χ4n) is 10.2. The van der Waals surface area contributed by atoms with Gasteiger partial charge in [-0.2, -0.15) is 0 Å². The van der Waals surface area contributed by atoms with Crippen LogP contribution >= 0.6 is 0 Å². The van der Waals surface area contributed by atoms with Crippen molar-refractivity contribution in [3.05, 3.63) is 125 Å². The maximum Gasteiger partial charge on any atom is 0.262 e. The van der Waals surface area contributed by atoms with Crippen molar-refractivity contribution in [2.24, 2.45) is 5.92 Å². The lowest BCUT2D eigenvalue weighted by molar-refractivity contribution is -0.136. The number of hydrogen-bond donors (Lipinski definition) is 2. The van der Waals surface area contributed by atoms with Gasteiger partial charge in [-0.15, -0.1) is 0 Å². The maximum atomic E-state index is 13.5. The summed E-state index contributed by atoms with van der Waals surface area (Å²) in [6, 6.07) is 31.8. The van der Waals surface area contributed by atoms with E-state index in [2.05, 4.69) is 75.5 Å². The van der Waals surface area contributed by atoms with Gasteiger partial charge in [0.25, 0.3) is 11.8 Å². The predicted octanol–water partition coefficient (Wildman–Crippen LogP) is 6.61. The molecule has 5 aliphatic rings. The van der Waals surface area contributed by atoms with Crippen molar-refractivity contribution >= 4 is 40.5 Å². The number of ether oxygens (including phenoxy) is 1. The van der Waals surface area contributed by atoms with Crippen molar-refractivity contribution in [1.82, 2.24) is 20.0 Å². The standard InChI is InChI=1S/C49H53N5O6/c1-2-41(33-6-4-3-5-7-33)46(34-8-15-39(55)16-9-34)35-10-17-40(18-11-35)60-27-26-51-24-22-32(23-25-51)29-53-37-12-13-38(53)31-52(30-37)36-14-19-42-43(28-36)49(59)54(48(42)58)44-20-21-45(56)50-47(44)57/h3-11,14-19,28,32,37-38,44,55H,2,12-13,20-27,29-31H2,1H3,(H,50,56,57). The minimum Gasteiger partial charge on any atom is -0.508 e. The number of allylic oxidation sites excluding steroid dienone is 1. The van der Waals surface area contributed by atoms with E-state index < -0.39 is 23.8 Å². The zero-order chi connectivity index (χ0) is 41.3. The van der Waals surface area contributed by atoms with Crippen LogP contribution in [0.15, 0.2) is 97.1 Å². The van der Waals surface area contributed by atoms with Crippen LogP contribution in [-0.4, -0.2) is 107 Å². The van der Waals surface area contributed by atoms with Crippen LogP contribution < -0.4 is 15.0 Å².